The molecule has 4 aromatic rings. The second-order valence-corrected chi connectivity index (χ2v) is 16.9. The predicted octanol–water partition coefficient (Wildman–Crippen LogP) is 3.02. The van der Waals surface area contributed by atoms with Gasteiger partial charge in [0.1, 0.15) is 11.7 Å². The number of β-amino-alcohol motifs (C(OH)–C–C–N with tert-alkyl or cyclic N) is 1. The van der Waals surface area contributed by atoms with E-state index in [1.54, 1.807) is 53.4 Å². The highest BCUT2D eigenvalue weighted by Gasteiger charge is 2.42. The summed E-state index contributed by atoms with van der Waals surface area (Å²) < 4.78 is 27.3. The summed E-state index contributed by atoms with van der Waals surface area (Å²) in [5.74, 6) is -1.73. The molecular weight excluding hydrogens is 695 g/mol. The Morgan fingerprint density at radius 1 is 0.887 bits per heavy atom. The molecule has 0 saturated carbocycles. The molecule has 1 unspecified atom stereocenters. The molecule has 282 valence electrons. The first-order chi connectivity index (χ1) is 25.1. The van der Waals surface area contributed by atoms with Gasteiger partial charge in [0.15, 0.2) is 9.84 Å². The number of aliphatic hydroxyl groups excluding tert-OH is 2. The highest BCUT2D eigenvalue weighted by atomic mass is 32.2. The van der Waals surface area contributed by atoms with Crippen LogP contribution in [0.25, 0.3) is 10.9 Å². The van der Waals surface area contributed by atoms with Crippen molar-refractivity contribution in [1.29, 1.82) is 0 Å². The van der Waals surface area contributed by atoms with Crippen LogP contribution in [0.3, 0.4) is 0 Å². The van der Waals surface area contributed by atoms with E-state index in [1.165, 1.54) is 13.0 Å². The van der Waals surface area contributed by atoms with Crippen LogP contribution in [0, 0.1) is 0 Å². The van der Waals surface area contributed by atoms with Gasteiger partial charge in [-0.15, -0.1) is 0 Å². The fraction of sp³-hybridized carbons (Fsp3) is 0.400. The number of hydrogen-bond acceptors (Lipinski definition) is 9. The van der Waals surface area contributed by atoms with Crippen LogP contribution >= 0.6 is 0 Å². The number of carbonyl (C=O) groups excluding carboxylic acids is 3. The Hall–Kier alpha value is -4.69. The molecule has 3 aromatic carbocycles. The third kappa shape index (κ3) is 10.3. The van der Waals surface area contributed by atoms with Gasteiger partial charge in [0.25, 0.3) is 5.91 Å². The van der Waals surface area contributed by atoms with Gasteiger partial charge in [-0.1, -0.05) is 72.8 Å². The van der Waals surface area contributed by atoms with Crippen molar-refractivity contribution < 1.29 is 33.0 Å². The van der Waals surface area contributed by atoms with Gasteiger partial charge < -0.3 is 26.2 Å². The molecule has 3 amide bonds. The molecule has 1 aliphatic rings. The highest BCUT2D eigenvalue weighted by Crippen LogP contribution is 2.29. The number of likely N-dealkylation sites (tertiary alicyclic amines) is 1. The summed E-state index contributed by atoms with van der Waals surface area (Å²) in [6, 6.07) is 24.8. The van der Waals surface area contributed by atoms with Gasteiger partial charge in [-0.2, -0.15) is 0 Å². The van der Waals surface area contributed by atoms with E-state index in [2.05, 4.69) is 20.9 Å². The first kappa shape index (κ1) is 39.5. The van der Waals surface area contributed by atoms with E-state index in [4.69, 9.17) is 0 Å². The molecule has 0 bridgehead atoms. The quantitative estimate of drug-likeness (QED) is 0.138. The summed E-state index contributed by atoms with van der Waals surface area (Å²) >= 11 is 0. The maximum absolute atomic E-state index is 13.8. The van der Waals surface area contributed by atoms with Crippen LogP contribution in [0.4, 0.5) is 0 Å². The lowest BCUT2D eigenvalue weighted by Crippen LogP contribution is -2.61. The van der Waals surface area contributed by atoms with Crippen LogP contribution in [0.5, 0.6) is 0 Å². The first-order valence-corrected chi connectivity index (χ1v) is 19.4. The van der Waals surface area contributed by atoms with Crippen molar-refractivity contribution in [2.24, 2.45) is 0 Å². The van der Waals surface area contributed by atoms with E-state index in [0.29, 0.717) is 5.52 Å². The second kappa shape index (κ2) is 17.0. The fourth-order valence-corrected chi connectivity index (χ4v) is 8.39. The summed E-state index contributed by atoms with van der Waals surface area (Å²) in [7, 11) is -3.74. The zero-order chi connectivity index (χ0) is 38.3. The Morgan fingerprint density at radius 2 is 1.53 bits per heavy atom. The Balaban J connectivity index is 1.36. The highest BCUT2D eigenvalue weighted by molar-refractivity contribution is 7.92. The molecule has 1 aliphatic heterocycles. The van der Waals surface area contributed by atoms with Gasteiger partial charge >= 0.3 is 0 Å². The molecule has 0 radical (unpaired) electrons. The SMILES string of the molecule is C[C@@H](O)[C@H](NC(=O)c1ccc2ccccc2n1)C(=O)N[C@@H](Cc1ccccc1)[C@H](O)CN1CC[C@@H](S(=O)(=O)c2ccccc2)CC1C(=O)NC(C)(C)C. The smallest absolute Gasteiger partial charge is 0.270 e. The number of sulfone groups is 1. The largest absolute Gasteiger partial charge is 0.391 e. The minimum absolute atomic E-state index is 0.0144. The third-order valence-corrected chi connectivity index (χ3v) is 11.6. The van der Waals surface area contributed by atoms with Crippen LogP contribution in [0.2, 0.25) is 0 Å². The number of rotatable bonds is 13. The van der Waals surface area contributed by atoms with Gasteiger partial charge in [0.2, 0.25) is 11.8 Å². The normalized spacial score (nSPS) is 19.1. The van der Waals surface area contributed by atoms with E-state index in [0.717, 1.165) is 10.9 Å². The predicted molar refractivity (Wildman–Crippen MR) is 203 cm³/mol. The van der Waals surface area contributed by atoms with Gasteiger partial charge in [-0.05, 0) is 76.8 Å². The van der Waals surface area contributed by atoms with Crippen molar-refractivity contribution in [3.8, 4) is 0 Å². The Labute approximate surface area is 310 Å². The standard InChI is InChI=1S/C40H49N5O7S/c1-26(46)36(43-37(48)32-20-19-28-15-11-12-18-31(28)41-32)39(50)42-33(23-27-13-7-5-8-14-27)35(47)25-45-22-21-30(24-34(45)38(49)44-40(2,3)4)53(51,52)29-16-9-6-10-17-29/h5-20,26,30,33-36,46-47H,21-25H2,1-4H3,(H,42,50)(H,43,48)(H,44,49)/t26-,30-,33+,34?,35-,36+/m1/s1. The van der Waals surface area contributed by atoms with Gasteiger partial charge in [0, 0.05) is 24.0 Å². The molecule has 0 aliphatic carbocycles. The molecule has 5 N–H and O–H groups in total. The lowest BCUT2D eigenvalue weighted by atomic mass is 9.96. The van der Waals surface area contributed by atoms with E-state index in [9.17, 15) is 33.0 Å². The molecule has 1 saturated heterocycles. The molecule has 5 rings (SSSR count). The van der Waals surface area contributed by atoms with Gasteiger partial charge in [0.05, 0.1) is 40.0 Å². The summed E-state index contributed by atoms with van der Waals surface area (Å²) in [6.07, 6.45) is -2.10. The van der Waals surface area contributed by atoms with Crippen LogP contribution < -0.4 is 16.0 Å². The summed E-state index contributed by atoms with van der Waals surface area (Å²) in [5, 5.41) is 30.9. The minimum Gasteiger partial charge on any atom is -0.391 e. The number of nitrogens with zero attached hydrogens (tertiary/aromatic N) is 2. The second-order valence-electron chi connectivity index (χ2n) is 14.7. The summed E-state index contributed by atoms with van der Waals surface area (Å²) in [4.78, 5) is 47.2. The number of hydrogen-bond donors (Lipinski definition) is 5. The number of pyridine rings is 1. The molecule has 12 nitrogen and oxygen atoms in total. The van der Waals surface area contributed by atoms with Crippen LogP contribution in [0.1, 0.15) is 56.6 Å². The summed E-state index contributed by atoms with van der Waals surface area (Å²) in [5.41, 5.74) is 0.879. The number of benzene rings is 3. The number of fused-ring (bicyclic) bond motifs is 1. The maximum Gasteiger partial charge on any atom is 0.270 e. The zero-order valence-corrected chi connectivity index (χ0v) is 31.3. The fourth-order valence-electron chi connectivity index (χ4n) is 6.61. The molecule has 2 heterocycles. The molecule has 1 fully saturated rings. The number of para-hydroxylation sites is 1. The third-order valence-electron chi connectivity index (χ3n) is 9.37. The molecular formula is C40H49N5O7S. The van der Waals surface area contributed by atoms with Crippen LogP contribution in [-0.2, 0) is 25.8 Å². The van der Waals surface area contributed by atoms with Crippen molar-refractivity contribution in [2.45, 2.75) is 93.0 Å². The number of aromatic nitrogens is 1. The van der Waals surface area contributed by atoms with E-state index in [-0.39, 0.29) is 48.8 Å². The maximum atomic E-state index is 13.8. The van der Waals surface area contributed by atoms with E-state index < -0.39 is 62.8 Å². The average Bonchev–Trinajstić information content (AvgIpc) is 3.13. The number of aliphatic hydroxyl groups is 2. The monoisotopic (exact) mass is 743 g/mol. The topological polar surface area (TPSA) is 178 Å². The average molecular weight is 744 g/mol. The molecule has 13 heteroatoms. The lowest BCUT2D eigenvalue weighted by molar-refractivity contribution is -0.131. The van der Waals surface area contributed by atoms with Crippen LogP contribution in [0.15, 0.2) is 102 Å². The molecule has 53 heavy (non-hydrogen) atoms. The van der Waals surface area contributed by atoms with Crippen molar-refractivity contribution in [2.75, 3.05) is 13.1 Å². The molecule has 6 atom stereocenters. The minimum atomic E-state index is -3.74. The molecule has 1 aromatic heterocycles. The number of amides is 3. The first-order valence-electron chi connectivity index (χ1n) is 17.8. The van der Waals surface area contributed by atoms with Crippen molar-refractivity contribution >= 4 is 38.5 Å². The van der Waals surface area contributed by atoms with Crippen molar-refractivity contribution in [3.63, 3.8) is 0 Å². The number of nitrogens with one attached hydrogen (secondary N) is 3. The van der Waals surface area contributed by atoms with Crippen molar-refractivity contribution in [1.82, 2.24) is 25.8 Å². The van der Waals surface area contributed by atoms with Gasteiger partial charge in [-0.25, -0.2) is 13.4 Å². The number of piperidine rings is 1. The Morgan fingerprint density at radius 3 is 2.19 bits per heavy atom. The zero-order valence-electron chi connectivity index (χ0n) is 30.5. The van der Waals surface area contributed by atoms with Gasteiger partial charge in [-0.3, -0.25) is 19.3 Å². The van der Waals surface area contributed by atoms with Crippen molar-refractivity contribution in [3.05, 3.63) is 108 Å². The summed E-state index contributed by atoms with van der Waals surface area (Å²) in [6.45, 7) is 7.03. The van der Waals surface area contributed by atoms with Crippen LogP contribution in [-0.4, -0.2) is 100 Å². The Kier molecular flexibility index (Phi) is 12.7. The van der Waals surface area contributed by atoms with E-state index >= 15 is 0 Å². The Bertz CT molecular complexity index is 1990. The number of carbonyl (C=O) groups is 3. The molecule has 0 spiro atoms. The lowest BCUT2D eigenvalue weighted by Gasteiger charge is -2.41. The van der Waals surface area contributed by atoms with E-state index in [1.807, 2.05) is 63.2 Å².